The summed E-state index contributed by atoms with van der Waals surface area (Å²) in [6.07, 6.45) is 2.94. The van der Waals surface area contributed by atoms with Gasteiger partial charge in [0.1, 0.15) is 5.56 Å². The minimum absolute atomic E-state index is 0.155. The number of nitrogens with one attached hydrogen (secondary N) is 1. The average molecular weight is 321 g/mol. The maximum atomic E-state index is 12.1. The molecule has 2 rings (SSSR count). The van der Waals surface area contributed by atoms with Gasteiger partial charge in [0.15, 0.2) is 5.43 Å². The molecule has 1 aromatic heterocycles. The number of aromatic amines is 1. The Balaban J connectivity index is 2.14. The molecule has 0 atom stereocenters. The quantitative estimate of drug-likeness (QED) is 0.944. The van der Waals surface area contributed by atoms with E-state index in [2.05, 4.69) is 20.9 Å². The van der Waals surface area contributed by atoms with Gasteiger partial charge >= 0.3 is 0 Å². The Morgan fingerprint density at radius 3 is 2.58 bits per heavy atom. The molecule has 0 aliphatic carbocycles. The lowest BCUT2D eigenvalue weighted by molar-refractivity contribution is 0.0783. The number of carbonyl (C=O) groups excluding carboxylic acids is 1. The maximum Gasteiger partial charge on any atom is 0.259 e. The van der Waals surface area contributed by atoms with Crippen LogP contribution in [0.2, 0.25) is 0 Å². The molecular weight excluding hydrogens is 308 g/mol. The first-order valence-corrected chi connectivity index (χ1v) is 6.54. The van der Waals surface area contributed by atoms with Crippen LogP contribution in [-0.4, -0.2) is 22.8 Å². The van der Waals surface area contributed by atoms with E-state index in [0.717, 1.165) is 10.0 Å². The molecule has 1 aromatic carbocycles. The van der Waals surface area contributed by atoms with E-state index in [4.69, 9.17) is 0 Å². The predicted molar refractivity (Wildman–Crippen MR) is 77.0 cm³/mol. The van der Waals surface area contributed by atoms with Gasteiger partial charge in [-0.15, -0.1) is 0 Å². The van der Waals surface area contributed by atoms with Gasteiger partial charge in [0.2, 0.25) is 0 Å². The van der Waals surface area contributed by atoms with Crippen LogP contribution in [0.25, 0.3) is 0 Å². The van der Waals surface area contributed by atoms with Crippen molar-refractivity contribution in [1.82, 2.24) is 9.88 Å². The number of carbonyl (C=O) groups is 1. The number of hydrogen-bond donors (Lipinski definition) is 1. The molecule has 1 amide bonds. The lowest BCUT2D eigenvalue weighted by atomic mass is 10.2. The van der Waals surface area contributed by atoms with E-state index in [9.17, 15) is 9.59 Å². The second kappa shape index (κ2) is 5.84. The van der Waals surface area contributed by atoms with Crippen LogP contribution in [-0.2, 0) is 6.54 Å². The fraction of sp³-hybridized carbons (Fsp3) is 0.143. The van der Waals surface area contributed by atoms with Crippen molar-refractivity contribution in [3.8, 4) is 0 Å². The lowest BCUT2D eigenvalue weighted by Crippen LogP contribution is -2.30. The van der Waals surface area contributed by atoms with Gasteiger partial charge in [-0.1, -0.05) is 28.1 Å². The molecule has 19 heavy (non-hydrogen) atoms. The zero-order valence-electron chi connectivity index (χ0n) is 10.4. The van der Waals surface area contributed by atoms with E-state index in [0.29, 0.717) is 6.54 Å². The molecule has 0 radical (unpaired) electrons. The van der Waals surface area contributed by atoms with Gasteiger partial charge in [0.25, 0.3) is 5.91 Å². The van der Waals surface area contributed by atoms with Gasteiger partial charge < -0.3 is 9.88 Å². The molecule has 0 bridgehead atoms. The van der Waals surface area contributed by atoms with Crippen molar-refractivity contribution in [3.05, 3.63) is 68.5 Å². The summed E-state index contributed by atoms with van der Waals surface area (Å²) < 4.78 is 0.990. The summed E-state index contributed by atoms with van der Waals surface area (Å²) in [7, 11) is 1.68. The van der Waals surface area contributed by atoms with Gasteiger partial charge in [-0.25, -0.2) is 0 Å². The van der Waals surface area contributed by atoms with E-state index < -0.39 is 0 Å². The fourth-order valence-electron chi connectivity index (χ4n) is 1.72. The first-order valence-electron chi connectivity index (χ1n) is 5.75. The predicted octanol–water partition coefficient (Wildman–Crippen LogP) is 2.41. The second-order valence-electron chi connectivity index (χ2n) is 4.21. The summed E-state index contributed by atoms with van der Waals surface area (Å²) in [5, 5.41) is 0. The first-order chi connectivity index (χ1) is 9.08. The number of halogens is 1. The molecule has 2 aromatic rings. The van der Waals surface area contributed by atoms with Crippen LogP contribution >= 0.6 is 15.9 Å². The van der Waals surface area contributed by atoms with Crippen LogP contribution in [0, 0.1) is 0 Å². The van der Waals surface area contributed by atoms with Crippen molar-refractivity contribution in [2.75, 3.05) is 7.05 Å². The summed E-state index contributed by atoms with van der Waals surface area (Å²) in [5.74, 6) is -0.287. The van der Waals surface area contributed by atoms with Crippen molar-refractivity contribution in [2.24, 2.45) is 0 Å². The van der Waals surface area contributed by atoms with Gasteiger partial charge in [-0.3, -0.25) is 9.59 Å². The molecule has 1 N–H and O–H groups in total. The van der Waals surface area contributed by atoms with Crippen molar-refractivity contribution in [1.29, 1.82) is 0 Å². The van der Waals surface area contributed by atoms with Gasteiger partial charge in [0, 0.05) is 36.5 Å². The molecule has 0 aliphatic rings. The van der Waals surface area contributed by atoms with E-state index in [1.807, 2.05) is 24.3 Å². The monoisotopic (exact) mass is 320 g/mol. The molecule has 98 valence electrons. The third kappa shape index (κ3) is 3.32. The van der Waals surface area contributed by atoms with Crippen molar-refractivity contribution < 1.29 is 4.79 Å². The van der Waals surface area contributed by atoms with Gasteiger partial charge in [-0.05, 0) is 17.7 Å². The van der Waals surface area contributed by atoms with Crippen LogP contribution in [0.5, 0.6) is 0 Å². The Bertz CT molecular complexity index is 634. The highest BCUT2D eigenvalue weighted by Crippen LogP contribution is 2.12. The minimum atomic E-state index is -0.287. The van der Waals surface area contributed by atoms with Crippen LogP contribution in [0.3, 0.4) is 0 Å². The van der Waals surface area contributed by atoms with E-state index in [1.165, 1.54) is 23.4 Å². The van der Waals surface area contributed by atoms with Crippen molar-refractivity contribution in [2.45, 2.75) is 6.54 Å². The van der Waals surface area contributed by atoms with E-state index in [-0.39, 0.29) is 16.9 Å². The number of amides is 1. The second-order valence-corrected chi connectivity index (χ2v) is 5.13. The molecule has 5 heteroatoms. The number of pyridine rings is 1. The fourth-order valence-corrected chi connectivity index (χ4v) is 1.99. The molecule has 0 unspecified atom stereocenters. The zero-order chi connectivity index (χ0) is 13.8. The van der Waals surface area contributed by atoms with E-state index in [1.54, 1.807) is 7.05 Å². The summed E-state index contributed by atoms with van der Waals surface area (Å²) >= 11 is 3.36. The largest absolute Gasteiger partial charge is 0.367 e. The third-order valence-corrected chi connectivity index (χ3v) is 3.26. The van der Waals surface area contributed by atoms with Crippen molar-refractivity contribution in [3.63, 3.8) is 0 Å². The minimum Gasteiger partial charge on any atom is -0.367 e. The highest BCUT2D eigenvalue weighted by molar-refractivity contribution is 9.10. The van der Waals surface area contributed by atoms with Gasteiger partial charge in [0.05, 0.1) is 0 Å². The van der Waals surface area contributed by atoms with Crippen LogP contribution in [0.15, 0.2) is 52.0 Å². The maximum absolute atomic E-state index is 12.1. The summed E-state index contributed by atoms with van der Waals surface area (Å²) in [4.78, 5) is 28.0. The molecule has 1 heterocycles. The number of hydrogen-bond acceptors (Lipinski definition) is 2. The Morgan fingerprint density at radius 2 is 1.95 bits per heavy atom. The number of aromatic nitrogens is 1. The number of nitrogens with zero attached hydrogens (tertiary/aromatic N) is 1. The zero-order valence-corrected chi connectivity index (χ0v) is 12.0. The molecule has 0 spiro atoms. The van der Waals surface area contributed by atoms with E-state index >= 15 is 0 Å². The topological polar surface area (TPSA) is 53.2 Å². The Labute approximate surface area is 119 Å². The van der Waals surface area contributed by atoms with Crippen LogP contribution in [0.4, 0.5) is 0 Å². The molecule has 0 aliphatic heterocycles. The third-order valence-electron chi connectivity index (χ3n) is 2.73. The van der Waals surface area contributed by atoms with Crippen LogP contribution < -0.4 is 5.43 Å². The molecular formula is C14H13BrN2O2. The summed E-state index contributed by atoms with van der Waals surface area (Å²) in [5.41, 5.74) is 0.889. The number of benzene rings is 1. The summed E-state index contributed by atoms with van der Waals surface area (Å²) in [6, 6.07) is 9.05. The normalized spacial score (nSPS) is 10.2. The highest BCUT2D eigenvalue weighted by Gasteiger charge is 2.14. The standard InChI is InChI=1S/C14H13BrN2O2/c1-17(9-10-2-4-11(15)5-3-10)14(19)12-8-16-7-6-13(12)18/h2-8H,9H2,1H3,(H,16,18). The van der Waals surface area contributed by atoms with Crippen LogP contribution in [0.1, 0.15) is 15.9 Å². The lowest BCUT2D eigenvalue weighted by Gasteiger charge is -2.16. The Hall–Kier alpha value is -1.88. The Morgan fingerprint density at radius 1 is 1.26 bits per heavy atom. The average Bonchev–Trinajstić information content (AvgIpc) is 2.41. The summed E-state index contributed by atoms with van der Waals surface area (Å²) in [6.45, 7) is 0.459. The Kier molecular flexibility index (Phi) is 4.16. The van der Waals surface area contributed by atoms with Crippen molar-refractivity contribution >= 4 is 21.8 Å². The molecule has 0 saturated carbocycles. The van der Waals surface area contributed by atoms with Gasteiger partial charge in [-0.2, -0.15) is 0 Å². The highest BCUT2D eigenvalue weighted by atomic mass is 79.9. The first kappa shape index (κ1) is 13.5. The molecule has 0 fully saturated rings. The smallest absolute Gasteiger partial charge is 0.259 e. The number of H-pyrrole nitrogens is 1. The SMILES string of the molecule is CN(Cc1ccc(Br)cc1)C(=O)c1c[nH]ccc1=O. The number of rotatable bonds is 3. The molecule has 0 saturated heterocycles. The molecule has 4 nitrogen and oxygen atoms in total.